The fourth-order valence-corrected chi connectivity index (χ4v) is 3.40. The van der Waals surface area contributed by atoms with Crippen molar-refractivity contribution in [3.8, 4) is 0 Å². The van der Waals surface area contributed by atoms with Crippen molar-refractivity contribution in [3.63, 3.8) is 0 Å². The first-order valence-corrected chi connectivity index (χ1v) is 12.3. The van der Waals surface area contributed by atoms with Gasteiger partial charge in [0.1, 0.15) is 0 Å². The van der Waals surface area contributed by atoms with E-state index in [1.54, 1.807) is 0 Å². The lowest BCUT2D eigenvalue weighted by molar-refractivity contribution is -0.186. The summed E-state index contributed by atoms with van der Waals surface area (Å²) in [6.45, 7) is 20.9. The van der Waals surface area contributed by atoms with Crippen molar-refractivity contribution >= 4 is 6.72 Å². The molecule has 1 aromatic carbocycles. The Hall–Kier alpha value is -1.52. The van der Waals surface area contributed by atoms with Crippen LogP contribution in [0.25, 0.3) is 0 Å². The minimum atomic E-state index is -4.77. The lowest BCUT2D eigenvalue weighted by atomic mass is 9.92. The van der Waals surface area contributed by atoms with Crippen molar-refractivity contribution in [1.82, 2.24) is 15.5 Å². The van der Waals surface area contributed by atoms with Crippen LogP contribution >= 0.6 is 0 Å². The van der Waals surface area contributed by atoms with Gasteiger partial charge in [0.15, 0.2) is 0 Å². The van der Waals surface area contributed by atoms with Crippen LogP contribution in [-0.2, 0) is 5.66 Å². The van der Waals surface area contributed by atoms with Crippen molar-refractivity contribution < 1.29 is 18.3 Å². The second-order valence-corrected chi connectivity index (χ2v) is 11.1. The average Bonchev–Trinajstić information content (AvgIpc) is 2.77. The Labute approximate surface area is 209 Å². The first-order valence-electron chi connectivity index (χ1n) is 12.3. The van der Waals surface area contributed by atoms with Crippen LogP contribution in [0.1, 0.15) is 71.6 Å². The molecular weight excluding hydrogens is 455 g/mol. The molecular formula is C26H46F3N5O. The first-order chi connectivity index (χ1) is 16.0. The molecule has 0 aliphatic rings. The largest absolute Gasteiger partial charge is 0.431 e. The number of hydrogen-bond acceptors (Lipinski definition) is 6. The number of halogens is 3. The molecule has 0 saturated carbocycles. The lowest BCUT2D eigenvalue weighted by Gasteiger charge is -2.30. The van der Waals surface area contributed by atoms with Crippen LogP contribution < -0.4 is 16.4 Å². The molecule has 0 aromatic heterocycles. The van der Waals surface area contributed by atoms with E-state index >= 15 is 0 Å². The molecule has 0 amide bonds. The third-order valence-corrected chi connectivity index (χ3v) is 6.45. The number of aliphatic hydroxyl groups excluding tert-OH is 1. The molecule has 0 radical (unpaired) electrons. The van der Waals surface area contributed by atoms with E-state index in [-0.39, 0.29) is 16.5 Å². The maximum absolute atomic E-state index is 13.3. The highest BCUT2D eigenvalue weighted by Crippen LogP contribution is 2.37. The predicted octanol–water partition coefficient (Wildman–Crippen LogP) is 4.20. The second-order valence-electron chi connectivity index (χ2n) is 11.1. The Morgan fingerprint density at radius 1 is 1.03 bits per heavy atom. The van der Waals surface area contributed by atoms with Gasteiger partial charge in [0.25, 0.3) is 0 Å². The zero-order valence-electron chi connectivity index (χ0n) is 22.3. The number of aliphatic hydroxyl groups is 1. The predicted molar refractivity (Wildman–Crippen MR) is 139 cm³/mol. The highest BCUT2D eigenvalue weighted by molar-refractivity contribution is 5.35. The monoisotopic (exact) mass is 501 g/mol. The minimum absolute atomic E-state index is 0.110. The summed E-state index contributed by atoms with van der Waals surface area (Å²) in [5.41, 5.74) is 3.20. The van der Waals surface area contributed by atoms with Gasteiger partial charge in [-0.2, -0.15) is 13.2 Å². The van der Waals surface area contributed by atoms with Crippen LogP contribution in [0.5, 0.6) is 0 Å². The minimum Gasteiger partial charge on any atom is -0.387 e. The highest BCUT2D eigenvalue weighted by atomic mass is 19.4. The Morgan fingerprint density at radius 2 is 1.60 bits per heavy atom. The SMILES string of the molecule is C=NC(N)(c1ccc(C(O)CNCCN(CCNC(C)(C)CC)CCC(C)(C)C)cc1)C(F)(F)F. The first kappa shape index (κ1) is 31.5. The molecule has 2 atom stereocenters. The Kier molecular flexibility index (Phi) is 11.8. The van der Waals surface area contributed by atoms with Gasteiger partial charge in [-0.05, 0) is 50.9 Å². The van der Waals surface area contributed by atoms with Crippen molar-refractivity contribution in [1.29, 1.82) is 0 Å². The van der Waals surface area contributed by atoms with E-state index in [1.807, 2.05) is 0 Å². The van der Waals surface area contributed by atoms with Gasteiger partial charge < -0.3 is 20.6 Å². The number of benzene rings is 1. The molecule has 1 rings (SSSR count). The van der Waals surface area contributed by atoms with Crippen molar-refractivity contribution in [2.45, 2.75) is 77.9 Å². The maximum Gasteiger partial charge on any atom is 0.431 e. The fourth-order valence-electron chi connectivity index (χ4n) is 3.40. The molecule has 2 unspecified atom stereocenters. The summed E-state index contributed by atoms with van der Waals surface area (Å²) in [4.78, 5) is 5.52. The molecule has 0 bridgehead atoms. The molecule has 5 N–H and O–H groups in total. The van der Waals surface area contributed by atoms with Gasteiger partial charge in [0.05, 0.1) is 6.10 Å². The molecule has 0 fully saturated rings. The van der Waals surface area contributed by atoms with E-state index in [9.17, 15) is 18.3 Å². The number of rotatable bonds is 15. The Morgan fingerprint density at radius 3 is 2.09 bits per heavy atom. The number of hydrogen-bond donors (Lipinski definition) is 4. The van der Waals surface area contributed by atoms with Gasteiger partial charge in [0.2, 0.25) is 5.66 Å². The summed E-state index contributed by atoms with van der Waals surface area (Å²) in [6.07, 6.45) is -3.48. The lowest BCUT2D eigenvalue weighted by Crippen LogP contribution is -2.48. The number of nitrogens with one attached hydrogen (secondary N) is 2. The van der Waals surface area contributed by atoms with Crippen LogP contribution in [0.2, 0.25) is 0 Å². The van der Waals surface area contributed by atoms with Gasteiger partial charge in [-0.1, -0.05) is 52.0 Å². The molecule has 0 saturated heterocycles. The van der Waals surface area contributed by atoms with Crippen LogP contribution in [0, 0.1) is 5.41 Å². The number of nitrogens with two attached hydrogens (primary N) is 1. The summed E-state index contributed by atoms with van der Waals surface area (Å²) in [6, 6.07) is 5.35. The van der Waals surface area contributed by atoms with Gasteiger partial charge in [-0.15, -0.1) is 0 Å². The summed E-state index contributed by atoms with van der Waals surface area (Å²) in [5, 5.41) is 17.4. The highest BCUT2D eigenvalue weighted by Gasteiger charge is 2.53. The number of alkyl halides is 3. The average molecular weight is 502 g/mol. The quantitative estimate of drug-likeness (QED) is 0.214. The van der Waals surface area contributed by atoms with Crippen molar-refractivity contribution in [2.24, 2.45) is 16.1 Å². The molecule has 0 aliphatic carbocycles. The topological polar surface area (TPSA) is 85.9 Å². The summed E-state index contributed by atoms with van der Waals surface area (Å²) in [5.74, 6) is 0. The van der Waals surface area contributed by atoms with Crippen LogP contribution in [0.15, 0.2) is 29.3 Å². The van der Waals surface area contributed by atoms with Crippen LogP contribution in [0.3, 0.4) is 0 Å². The van der Waals surface area contributed by atoms with E-state index in [1.165, 1.54) is 24.3 Å². The Bertz CT molecular complexity index is 762. The van der Waals surface area contributed by atoms with Crippen molar-refractivity contribution in [3.05, 3.63) is 35.4 Å². The van der Waals surface area contributed by atoms with E-state index in [0.29, 0.717) is 18.7 Å². The second kappa shape index (κ2) is 13.1. The molecule has 0 spiro atoms. The zero-order valence-corrected chi connectivity index (χ0v) is 22.3. The van der Waals surface area contributed by atoms with Gasteiger partial charge in [-0.25, -0.2) is 0 Å². The van der Waals surface area contributed by atoms with Crippen LogP contribution in [0.4, 0.5) is 13.2 Å². The fraction of sp³-hybridized carbons (Fsp3) is 0.731. The molecule has 6 nitrogen and oxygen atoms in total. The van der Waals surface area contributed by atoms with Gasteiger partial charge in [-0.3, -0.25) is 10.7 Å². The Balaban J connectivity index is 2.61. The third-order valence-electron chi connectivity index (χ3n) is 6.45. The molecule has 1 aromatic rings. The molecule has 9 heteroatoms. The molecule has 0 heterocycles. The summed E-state index contributed by atoms with van der Waals surface area (Å²) in [7, 11) is 0. The normalized spacial score (nSPS) is 15.8. The summed E-state index contributed by atoms with van der Waals surface area (Å²) >= 11 is 0. The molecule has 202 valence electrons. The van der Waals surface area contributed by atoms with E-state index in [0.717, 1.165) is 39.0 Å². The van der Waals surface area contributed by atoms with Crippen LogP contribution in [-0.4, -0.2) is 67.7 Å². The summed E-state index contributed by atoms with van der Waals surface area (Å²) < 4.78 is 39.8. The van der Waals surface area contributed by atoms with Gasteiger partial charge in [0, 0.05) is 43.8 Å². The zero-order chi connectivity index (χ0) is 26.9. The standard InChI is InChI=1S/C26H46F3N5O/c1-8-24(5,6)33-15-18-34(16-13-23(2,3)4)17-14-32-19-22(35)20-9-11-21(12-10-20)25(30,31-7)26(27,28)29/h9-12,22,32-33,35H,7-8,13-19,30H2,1-6H3. The van der Waals surface area contributed by atoms with E-state index in [4.69, 9.17) is 5.73 Å². The third kappa shape index (κ3) is 10.6. The number of aliphatic imine (C=N–C) groups is 1. The van der Waals surface area contributed by atoms with Gasteiger partial charge >= 0.3 is 6.18 Å². The van der Waals surface area contributed by atoms with E-state index < -0.39 is 17.9 Å². The van der Waals surface area contributed by atoms with Crippen molar-refractivity contribution in [2.75, 3.05) is 39.3 Å². The van der Waals surface area contributed by atoms with E-state index in [2.05, 4.69) is 68.8 Å². The molecule has 0 aliphatic heterocycles. The number of nitrogens with zero attached hydrogens (tertiary/aromatic N) is 2. The smallest absolute Gasteiger partial charge is 0.387 e. The molecule has 35 heavy (non-hydrogen) atoms. The maximum atomic E-state index is 13.3.